The minimum absolute atomic E-state index is 0.910. The molecule has 0 saturated carbocycles. The van der Waals surface area contributed by atoms with Crippen LogP contribution in [0.5, 0.6) is 0 Å². The molecule has 0 radical (unpaired) electrons. The van der Waals surface area contributed by atoms with Gasteiger partial charge in [0.2, 0.25) is 0 Å². The average molecular weight is 243 g/mol. The van der Waals surface area contributed by atoms with E-state index in [1.165, 1.54) is 33.2 Å². The van der Waals surface area contributed by atoms with Gasteiger partial charge in [-0.05, 0) is 27.5 Å². The SMILES string of the molecule is c1ccc2c(-c3ccc(C4=NC4)cc3)cccc2c1. The second kappa shape index (κ2) is 4.06. The molecule has 1 aliphatic rings. The van der Waals surface area contributed by atoms with E-state index >= 15 is 0 Å². The van der Waals surface area contributed by atoms with Gasteiger partial charge < -0.3 is 0 Å². The van der Waals surface area contributed by atoms with E-state index in [-0.39, 0.29) is 0 Å². The summed E-state index contributed by atoms with van der Waals surface area (Å²) in [5, 5.41) is 2.59. The van der Waals surface area contributed by atoms with Gasteiger partial charge in [-0.3, -0.25) is 4.99 Å². The summed E-state index contributed by atoms with van der Waals surface area (Å²) in [6.07, 6.45) is 0. The van der Waals surface area contributed by atoms with E-state index in [4.69, 9.17) is 0 Å². The molecule has 19 heavy (non-hydrogen) atoms. The first-order valence-corrected chi connectivity index (χ1v) is 6.54. The number of nitrogens with zero attached hydrogens (tertiary/aromatic N) is 1. The monoisotopic (exact) mass is 243 g/mol. The Hall–Kier alpha value is -2.41. The first-order chi connectivity index (χ1) is 9.42. The molecule has 90 valence electrons. The molecule has 0 fully saturated rings. The van der Waals surface area contributed by atoms with Crippen LogP contribution >= 0.6 is 0 Å². The number of aliphatic imine (C=N–C) groups is 1. The molecular formula is C18H13N. The Balaban J connectivity index is 1.87. The van der Waals surface area contributed by atoms with Crippen LogP contribution in [-0.2, 0) is 0 Å². The maximum Gasteiger partial charge on any atom is 0.0817 e. The second-order valence-electron chi connectivity index (χ2n) is 4.87. The van der Waals surface area contributed by atoms with E-state index in [1.54, 1.807) is 0 Å². The molecule has 1 aliphatic heterocycles. The summed E-state index contributed by atoms with van der Waals surface area (Å²) < 4.78 is 0. The molecule has 0 aromatic heterocycles. The summed E-state index contributed by atoms with van der Waals surface area (Å²) in [5.41, 5.74) is 5.04. The van der Waals surface area contributed by atoms with Crippen LogP contribution in [0.4, 0.5) is 0 Å². The van der Waals surface area contributed by atoms with Gasteiger partial charge in [0.25, 0.3) is 0 Å². The van der Waals surface area contributed by atoms with Crippen molar-refractivity contribution in [1.82, 2.24) is 0 Å². The molecule has 0 spiro atoms. The van der Waals surface area contributed by atoms with Crippen molar-refractivity contribution < 1.29 is 0 Å². The Morgan fingerprint density at radius 1 is 0.684 bits per heavy atom. The quantitative estimate of drug-likeness (QED) is 0.636. The van der Waals surface area contributed by atoms with Crippen molar-refractivity contribution in [3.63, 3.8) is 0 Å². The van der Waals surface area contributed by atoms with E-state index in [0.29, 0.717) is 0 Å². The number of hydrogen-bond donors (Lipinski definition) is 0. The highest BCUT2D eigenvalue weighted by Crippen LogP contribution is 2.29. The van der Waals surface area contributed by atoms with Gasteiger partial charge in [-0.15, -0.1) is 0 Å². The van der Waals surface area contributed by atoms with Gasteiger partial charge in [-0.2, -0.15) is 0 Å². The average Bonchev–Trinajstić information content (AvgIpc) is 3.32. The molecule has 4 rings (SSSR count). The third-order valence-electron chi connectivity index (χ3n) is 3.63. The topological polar surface area (TPSA) is 12.4 Å². The first-order valence-electron chi connectivity index (χ1n) is 6.54. The van der Waals surface area contributed by atoms with E-state index in [0.717, 1.165) is 6.54 Å². The summed E-state index contributed by atoms with van der Waals surface area (Å²) >= 11 is 0. The molecule has 0 amide bonds. The highest BCUT2D eigenvalue weighted by Gasteiger charge is 2.12. The van der Waals surface area contributed by atoms with Crippen molar-refractivity contribution in [2.75, 3.05) is 6.54 Å². The number of fused-ring (bicyclic) bond motifs is 1. The first kappa shape index (κ1) is 10.5. The highest BCUT2D eigenvalue weighted by atomic mass is 14.9. The van der Waals surface area contributed by atoms with Crippen LogP contribution in [0.15, 0.2) is 71.7 Å². The van der Waals surface area contributed by atoms with Gasteiger partial charge in [0.05, 0.1) is 12.3 Å². The molecule has 0 atom stereocenters. The lowest BCUT2D eigenvalue weighted by molar-refractivity contribution is 1.57. The fourth-order valence-electron chi connectivity index (χ4n) is 2.54. The summed E-state index contributed by atoms with van der Waals surface area (Å²) in [7, 11) is 0. The van der Waals surface area contributed by atoms with Crippen LogP contribution in [0.1, 0.15) is 5.56 Å². The number of hydrogen-bond acceptors (Lipinski definition) is 1. The molecule has 0 unspecified atom stereocenters. The number of benzene rings is 3. The second-order valence-corrected chi connectivity index (χ2v) is 4.87. The summed E-state index contributed by atoms with van der Waals surface area (Å²) in [6.45, 7) is 0.910. The largest absolute Gasteiger partial charge is 0.281 e. The maximum atomic E-state index is 4.24. The molecule has 0 bridgehead atoms. The van der Waals surface area contributed by atoms with E-state index in [9.17, 15) is 0 Å². The lowest BCUT2D eigenvalue weighted by atomic mass is 9.97. The van der Waals surface area contributed by atoms with Crippen LogP contribution in [0.3, 0.4) is 0 Å². The smallest absolute Gasteiger partial charge is 0.0817 e. The standard InChI is InChI=1S/C18H13N/c1-2-6-16-13(4-1)5-3-7-17(16)14-8-10-15(11-9-14)18-12-19-18/h1-11H,12H2. The molecule has 0 N–H and O–H groups in total. The zero-order valence-electron chi connectivity index (χ0n) is 10.5. The van der Waals surface area contributed by atoms with Crippen LogP contribution in [0, 0.1) is 0 Å². The fourth-order valence-corrected chi connectivity index (χ4v) is 2.54. The normalized spacial score (nSPS) is 13.4. The van der Waals surface area contributed by atoms with Crippen LogP contribution in [0.2, 0.25) is 0 Å². The van der Waals surface area contributed by atoms with Gasteiger partial charge >= 0.3 is 0 Å². The fraction of sp³-hybridized carbons (Fsp3) is 0.0556. The van der Waals surface area contributed by atoms with Crippen molar-refractivity contribution in [2.24, 2.45) is 4.99 Å². The van der Waals surface area contributed by atoms with Crippen molar-refractivity contribution in [3.05, 3.63) is 72.3 Å². The lowest BCUT2D eigenvalue weighted by Gasteiger charge is -2.07. The van der Waals surface area contributed by atoms with Crippen molar-refractivity contribution in [2.45, 2.75) is 0 Å². The van der Waals surface area contributed by atoms with Gasteiger partial charge in [0.15, 0.2) is 0 Å². The van der Waals surface area contributed by atoms with Gasteiger partial charge in [0.1, 0.15) is 0 Å². The Labute approximate surface area is 112 Å². The van der Waals surface area contributed by atoms with Crippen LogP contribution < -0.4 is 0 Å². The molecule has 1 nitrogen and oxygen atoms in total. The van der Waals surface area contributed by atoms with Crippen LogP contribution in [0.25, 0.3) is 21.9 Å². The molecule has 3 aromatic rings. The summed E-state index contributed by atoms with van der Waals surface area (Å²) in [6, 6.07) is 23.7. The minimum Gasteiger partial charge on any atom is -0.281 e. The van der Waals surface area contributed by atoms with Gasteiger partial charge in [-0.1, -0.05) is 66.7 Å². The van der Waals surface area contributed by atoms with E-state index in [2.05, 4.69) is 71.7 Å². The van der Waals surface area contributed by atoms with Crippen molar-refractivity contribution in [3.8, 4) is 11.1 Å². The third kappa shape index (κ3) is 1.84. The minimum atomic E-state index is 0.910. The lowest BCUT2D eigenvalue weighted by Crippen LogP contribution is -1.87. The molecular weight excluding hydrogens is 230 g/mol. The molecule has 1 heterocycles. The summed E-state index contributed by atoms with van der Waals surface area (Å²) in [4.78, 5) is 4.24. The third-order valence-corrected chi connectivity index (χ3v) is 3.63. The predicted molar refractivity (Wildman–Crippen MR) is 80.8 cm³/mol. The summed E-state index contributed by atoms with van der Waals surface area (Å²) in [5.74, 6) is 0. The molecule has 0 aliphatic carbocycles. The van der Waals surface area contributed by atoms with E-state index < -0.39 is 0 Å². The molecule has 3 aromatic carbocycles. The Bertz CT molecular complexity index is 777. The Kier molecular flexibility index (Phi) is 2.25. The number of rotatable bonds is 2. The zero-order chi connectivity index (χ0) is 12.7. The van der Waals surface area contributed by atoms with Gasteiger partial charge in [0, 0.05) is 0 Å². The molecule has 0 saturated heterocycles. The maximum absolute atomic E-state index is 4.24. The van der Waals surface area contributed by atoms with Crippen LogP contribution in [-0.4, -0.2) is 12.3 Å². The van der Waals surface area contributed by atoms with Crippen molar-refractivity contribution >= 4 is 16.5 Å². The van der Waals surface area contributed by atoms with Crippen molar-refractivity contribution in [1.29, 1.82) is 0 Å². The Morgan fingerprint density at radius 2 is 1.37 bits per heavy atom. The highest BCUT2D eigenvalue weighted by molar-refractivity contribution is 6.10. The molecule has 1 heteroatoms. The Morgan fingerprint density at radius 3 is 2.16 bits per heavy atom. The zero-order valence-corrected chi connectivity index (χ0v) is 10.5. The van der Waals surface area contributed by atoms with E-state index in [1.807, 2.05) is 0 Å². The predicted octanol–water partition coefficient (Wildman–Crippen LogP) is 4.31. The van der Waals surface area contributed by atoms with Gasteiger partial charge in [-0.25, -0.2) is 0 Å².